The van der Waals surface area contributed by atoms with Gasteiger partial charge in [0.2, 0.25) is 0 Å². The van der Waals surface area contributed by atoms with Gasteiger partial charge in [0.25, 0.3) is 0 Å². The number of ether oxygens (including phenoxy) is 2. The molecule has 0 amide bonds. The first-order valence-electron chi connectivity index (χ1n) is 6.51. The molecule has 0 spiro atoms. The molecule has 3 atom stereocenters. The molecule has 92 valence electrons. The molecule has 0 aromatic heterocycles. The molecule has 2 nitrogen and oxygen atoms in total. The Labute approximate surface area is 103 Å². The summed E-state index contributed by atoms with van der Waals surface area (Å²) in [7, 11) is 0. The van der Waals surface area contributed by atoms with E-state index < -0.39 is 0 Å². The fraction of sp³-hybridized carbons (Fsp3) is 0.600. The van der Waals surface area contributed by atoms with Gasteiger partial charge in [-0.05, 0) is 39.7 Å². The van der Waals surface area contributed by atoms with Gasteiger partial charge in [0.15, 0.2) is 0 Å². The molecule has 0 bridgehead atoms. The molecule has 2 aliphatic heterocycles. The Balaban J connectivity index is 2.05. The van der Waals surface area contributed by atoms with Crippen LogP contribution >= 0.6 is 0 Å². The second kappa shape index (κ2) is 3.74. The molecule has 2 heterocycles. The van der Waals surface area contributed by atoms with Gasteiger partial charge in [0.05, 0.1) is 12.2 Å². The predicted octanol–water partition coefficient (Wildman–Crippen LogP) is 3.71. The number of benzene rings is 1. The molecule has 3 rings (SSSR count). The van der Waals surface area contributed by atoms with E-state index in [2.05, 4.69) is 39.0 Å². The summed E-state index contributed by atoms with van der Waals surface area (Å²) in [5, 5.41) is 0. The van der Waals surface area contributed by atoms with Gasteiger partial charge < -0.3 is 9.47 Å². The first-order valence-corrected chi connectivity index (χ1v) is 6.51. The summed E-state index contributed by atoms with van der Waals surface area (Å²) < 4.78 is 12.3. The monoisotopic (exact) mass is 232 g/mol. The Bertz CT molecular complexity index is 425. The van der Waals surface area contributed by atoms with Crippen LogP contribution in [0.3, 0.4) is 0 Å². The van der Waals surface area contributed by atoms with E-state index in [1.54, 1.807) is 0 Å². The molecule has 0 unspecified atom stereocenters. The van der Waals surface area contributed by atoms with E-state index >= 15 is 0 Å². The van der Waals surface area contributed by atoms with Crippen molar-refractivity contribution in [3.05, 3.63) is 29.8 Å². The van der Waals surface area contributed by atoms with Crippen molar-refractivity contribution >= 4 is 0 Å². The lowest BCUT2D eigenvalue weighted by molar-refractivity contribution is -0.144. The summed E-state index contributed by atoms with van der Waals surface area (Å²) in [6.07, 6.45) is 2.89. The summed E-state index contributed by atoms with van der Waals surface area (Å²) in [6, 6.07) is 8.29. The lowest BCUT2D eigenvalue weighted by Gasteiger charge is -2.48. The third kappa shape index (κ3) is 1.75. The van der Waals surface area contributed by atoms with Crippen LogP contribution in [0.5, 0.6) is 5.75 Å². The van der Waals surface area contributed by atoms with Gasteiger partial charge >= 0.3 is 0 Å². The van der Waals surface area contributed by atoms with E-state index in [0.29, 0.717) is 12.0 Å². The SMILES string of the molecule is C[C@@H]1CC[C@H]2[C@@H](O1)c1ccccc1OC2(C)C. The molecule has 1 aromatic carbocycles. The van der Waals surface area contributed by atoms with Crippen molar-refractivity contribution in [3.63, 3.8) is 0 Å². The second-order valence-electron chi connectivity index (χ2n) is 5.79. The molecule has 1 fully saturated rings. The second-order valence-corrected chi connectivity index (χ2v) is 5.79. The maximum atomic E-state index is 6.17. The highest BCUT2D eigenvalue weighted by atomic mass is 16.5. The molecule has 1 aromatic rings. The van der Waals surface area contributed by atoms with Gasteiger partial charge in [-0.1, -0.05) is 18.2 Å². The average Bonchev–Trinajstić information content (AvgIpc) is 2.28. The molecular formula is C15H20O2. The molecule has 0 radical (unpaired) electrons. The highest BCUT2D eigenvalue weighted by Crippen LogP contribution is 2.50. The molecule has 2 aliphatic rings. The Morgan fingerprint density at radius 3 is 2.76 bits per heavy atom. The van der Waals surface area contributed by atoms with Crippen LogP contribution in [0.1, 0.15) is 45.3 Å². The Hall–Kier alpha value is -1.02. The predicted molar refractivity (Wildman–Crippen MR) is 67.2 cm³/mol. The van der Waals surface area contributed by atoms with Crippen LogP contribution < -0.4 is 4.74 Å². The van der Waals surface area contributed by atoms with Crippen LogP contribution in [0.15, 0.2) is 24.3 Å². The van der Waals surface area contributed by atoms with Crippen LogP contribution in [-0.4, -0.2) is 11.7 Å². The smallest absolute Gasteiger partial charge is 0.125 e. The van der Waals surface area contributed by atoms with Crippen LogP contribution in [0.25, 0.3) is 0 Å². The van der Waals surface area contributed by atoms with Crippen molar-refractivity contribution in [2.45, 2.75) is 51.4 Å². The highest BCUT2D eigenvalue weighted by Gasteiger charge is 2.46. The topological polar surface area (TPSA) is 18.5 Å². The fourth-order valence-electron chi connectivity index (χ4n) is 3.15. The number of para-hydroxylation sites is 1. The summed E-state index contributed by atoms with van der Waals surface area (Å²) >= 11 is 0. The standard InChI is InChI=1S/C15H20O2/c1-10-8-9-12-14(16-10)11-6-4-5-7-13(11)17-15(12,2)3/h4-7,10,12,14H,8-9H2,1-3H3/t10-,12+,14+/m1/s1. The minimum absolute atomic E-state index is 0.126. The zero-order chi connectivity index (χ0) is 12.0. The zero-order valence-electron chi connectivity index (χ0n) is 10.8. The zero-order valence-corrected chi connectivity index (χ0v) is 10.8. The van der Waals surface area contributed by atoms with Crippen molar-refractivity contribution in [1.82, 2.24) is 0 Å². The molecule has 2 heteroatoms. The van der Waals surface area contributed by atoms with Crippen LogP contribution in [0.4, 0.5) is 0 Å². The molecule has 0 saturated carbocycles. The van der Waals surface area contributed by atoms with E-state index in [-0.39, 0.29) is 11.7 Å². The first kappa shape index (κ1) is 11.1. The van der Waals surface area contributed by atoms with E-state index in [1.807, 2.05) is 6.07 Å². The third-order valence-electron chi connectivity index (χ3n) is 4.12. The molecular weight excluding hydrogens is 212 g/mol. The van der Waals surface area contributed by atoms with Crippen LogP contribution in [-0.2, 0) is 4.74 Å². The van der Waals surface area contributed by atoms with Gasteiger partial charge in [-0.2, -0.15) is 0 Å². The van der Waals surface area contributed by atoms with Gasteiger partial charge in [-0.15, -0.1) is 0 Å². The van der Waals surface area contributed by atoms with Crippen LogP contribution in [0.2, 0.25) is 0 Å². The van der Waals surface area contributed by atoms with E-state index in [1.165, 1.54) is 12.0 Å². The summed E-state index contributed by atoms with van der Waals surface area (Å²) in [5.41, 5.74) is 1.10. The normalized spacial score (nSPS) is 34.4. The number of hydrogen-bond acceptors (Lipinski definition) is 2. The largest absolute Gasteiger partial charge is 0.487 e. The maximum absolute atomic E-state index is 6.17. The molecule has 0 N–H and O–H groups in total. The lowest BCUT2D eigenvalue weighted by Crippen LogP contribution is -2.48. The lowest BCUT2D eigenvalue weighted by atomic mass is 9.75. The van der Waals surface area contributed by atoms with E-state index in [9.17, 15) is 0 Å². The van der Waals surface area contributed by atoms with Crippen molar-refractivity contribution in [2.75, 3.05) is 0 Å². The molecule has 1 saturated heterocycles. The first-order chi connectivity index (χ1) is 8.08. The van der Waals surface area contributed by atoms with Gasteiger partial charge in [-0.25, -0.2) is 0 Å². The Morgan fingerprint density at radius 1 is 1.18 bits per heavy atom. The van der Waals surface area contributed by atoms with Crippen molar-refractivity contribution in [3.8, 4) is 5.75 Å². The average molecular weight is 232 g/mol. The number of fused-ring (bicyclic) bond motifs is 3. The van der Waals surface area contributed by atoms with Gasteiger partial charge in [-0.3, -0.25) is 0 Å². The minimum atomic E-state index is -0.126. The van der Waals surface area contributed by atoms with Crippen molar-refractivity contribution in [2.24, 2.45) is 5.92 Å². The van der Waals surface area contributed by atoms with E-state index in [4.69, 9.17) is 9.47 Å². The minimum Gasteiger partial charge on any atom is -0.487 e. The van der Waals surface area contributed by atoms with Crippen molar-refractivity contribution in [1.29, 1.82) is 0 Å². The Morgan fingerprint density at radius 2 is 1.94 bits per heavy atom. The van der Waals surface area contributed by atoms with E-state index in [0.717, 1.165) is 12.2 Å². The van der Waals surface area contributed by atoms with Gasteiger partial charge in [0.1, 0.15) is 11.4 Å². The van der Waals surface area contributed by atoms with Gasteiger partial charge in [0, 0.05) is 11.5 Å². The maximum Gasteiger partial charge on any atom is 0.125 e. The Kier molecular flexibility index (Phi) is 2.44. The molecule has 17 heavy (non-hydrogen) atoms. The van der Waals surface area contributed by atoms with Crippen LogP contribution in [0, 0.1) is 5.92 Å². The fourth-order valence-corrected chi connectivity index (χ4v) is 3.15. The third-order valence-corrected chi connectivity index (χ3v) is 4.12. The van der Waals surface area contributed by atoms with Crippen molar-refractivity contribution < 1.29 is 9.47 Å². The number of rotatable bonds is 0. The summed E-state index contributed by atoms with van der Waals surface area (Å²) in [5.74, 6) is 1.46. The molecule has 0 aliphatic carbocycles. The highest BCUT2D eigenvalue weighted by molar-refractivity contribution is 5.39. The summed E-state index contributed by atoms with van der Waals surface area (Å²) in [4.78, 5) is 0. The quantitative estimate of drug-likeness (QED) is 0.679. The summed E-state index contributed by atoms with van der Waals surface area (Å²) in [6.45, 7) is 6.53. The number of hydrogen-bond donors (Lipinski definition) is 0.